The Morgan fingerprint density at radius 3 is 2.58 bits per heavy atom. The summed E-state index contributed by atoms with van der Waals surface area (Å²) in [7, 11) is 0. The van der Waals surface area contributed by atoms with Crippen LogP contribution in [0.1, 0.15) is 39.5 Å². The monoisotopic (exact) mass is 334 g/mol. The first kappa shape index (κ1) is 18.7. The molecule has 0 aliphatic carbocycles. The van der Waals surface area contributed by atoms with Crippen LogP contribution in [0.15, 0.2) is 24.3 Å². The molecule has 6 heteroatoms. The summed E-state index contributed by atoms with van der Waals surface area (Å²) >= 11 is 0. The Morgan fingerprint density at radius 1 is 1.17 bits per heavy atom. The molecule has 0 aromatic heterocycles. The SMILES string of the molecule is CCCCOC1CN(c2ccccc2[N+]#N)C(OCCCC)CO1. The third-order valence-electron chi connectivity index (χ3n) is 4.03. The van der Waals surface area contributed by atoms with E-state index >= 15 is 0 Å². The Morgan fingerprint density at radius 2 is 1.88 bits per heavy atom. The first-order chi connectivity index (χ1) is 11.8. The summed E-state index contributed by atoms with van der Waals surface area (Å²) in [6.45, 7) is 6.61. The van der Waals surface area contributed by atoms with E-state index in [1.807, 2.05) is 18.2 Å². The van der Waals surface area contributed by atoms with Crippen molar-refractivity contribution in [3.63, 3.8) is 0 Å². The number of rotatable bonds is 9. The minimum atomic E-state index is -0.297. The fourth-order valence-electron chi connectivity index (χ4n) is 2.62. The second-order valence-electron chi connectivity index (χ2n) is 5.91. The number of diazo groups is 1. The zero-order valence-electron chi connectivity index (χ0n) is 14.7. The molecule has 132 valence electrons. The van der Waals surface area contributed by atoms with E-state index in [4.69, 9.17) is 14.2 Å². The van der Waals surface area contributed by atoms with E-state index < -0.39 is 0 Å². The lowest BCUT2D eigenvalue weighted by Gasteiger charge is -2.39. The van der Waals surface area contributed by atoms with Gasteiger partial charge in [0, 0.05) is 19.3 Å². The van der Waals surface area contributed by atoms with Crippen LogP contribution in [-0.2, 0) is 14.2 Å². The van der Waals surface area contributed by atoms with Gasteiger partial charge in [0.25, 0.3) is 0 Å². The number of morpholine rings is 1. The number of ether oxygens (including phenoxy) is 3. The van der Waals surface area contributed by atoms with Crippen molar-refractivity contribution in [2.45, 2.75) is 52.0 Å². The van der Waals surface area contributed by atoms with Crippen LogP contribution >= 0.6 is 0 Å². The lowest BCUT2D eigenvalue weighted by Crippen LogP contribution is -2.52. The average molecular weight is 334 g/mol. The second kappa shape index (κ2) is 10.2. The highest BCUT2D eigenvalue weighted by atomic mass is 16.7. The molecule has 0 N–H and O–H groups in total. The number of unbranched alkanes of at least 4 members (excludes halogenated alkanes) is 2. The summed E-state index contributed by atoms with van der Waals surface area (Å²) in [6, 6.07) is 7.48. The summed E-state index contributed by atoms with van der Waals surface area (Å²) in [6.07, 6.45) is 3.69. The third kappa shape index (κ3) is 5.17. The van der Waals surface area contributed by atoms with Gasteiger partial charge in [-0.1, -0.05) is 38.8 Å². The molecule has 1 aliphatic rings. The fraction of sp³-hybridized carbons (Fsp3) is 0.667. The Labute approximate surface area is 144 Å². The normalized spacial score (nSPS) is 20.8. The molecular weight excluding hydrogens is 306 g/mol. The number of benzene rings is 1. The van der Waals surface area contributed by atoms with Crippen molar-refractivity contribution < 1.29 is 14.2 Å². The van der Waals surface area contributed by atoms with Gasteiger partial charge in [0.2, 0.25) is 5.39 Å². The van der Waals surface area contributed by atoms with Gasteiger partial charge in [0.05, 0.1) is 13.2 Å². The molecule has 2 unspecified atom stereocenters. The van der Waals surface area contributed by atoms with Crippen molar-refractivity contribution in [3.05, 3.63) is 29.2 Å². The summed E-state index contributed by atoms with van der Waals surface area (Å²) in [5.74, 6) is 0. The summed E-state index contributed by atoms with van der Waals surface area (Å²) in [5, 5.41) is 9.28. The first-order valence-corrected chi connectivity index (χ1v) is 8.85. The largest absolute Gasteiger partial charge is 0.408 e. The maximum absolute atomic E-state index is 9.28. The smallest absolute Gasteiger partial charge is 0.356 e. The van der Waals surface area contributed by atoms with Crippen LogP contribution in [0, 0.1) is 5.39 Å². The average Bonchev–Trinajstić information content (AvgIpc) is 2.63. The maximum atomic E-state index is 9.28. The highest BCUT2D eigenvalue weighted by molar-refractivity contribution is 5.70. The van der Waals surface area contributed by atoms with Crippen LogP contribution in [0.5, 0.6) is 0 Å². The lowest BCUT2D eigenvalue weighted by atomic mass is 10.2. The van der Waals surface area contributed by atoms with Gasteiger partial charge >= 0.3 is 5.69 Å². The molecule has 1 aromatic carbocycles. The van der Waals surface area contributed by atoms with E-state index in [0.717, 1.165) is 31.4 Å². The number of nitrogens with zero attached hydrogens (tertiary/aromatic N) is 3. The fourth-order valence-corrected chi connectivity index (χ4v) is 2.62. The van der Waals surface area contributed by atoms with Crippen LogP contribution in [0.4, 0.5) is 11.4 Å². The van der Waals surface area contributed by atoms with Crippen LogP contribution < -0.4 is 4.90 Å². The molecule has 0 radical (unpaired) electrons. The van der Waals surface area contributed by atoms with E-state index in [2.05, 4.69) is 23.7 Å². The zero-order chi connectivity index (χ0) is 17.2. The maximum Gasteiger partial charge on any atom is 0.408 e. The van der Waals surface area contributed by atoms with Crippen LogP contribution in [-0.4, -0.2) is 38.9 Å². The third-order valence-corrected chi connectivity index (χ3v) is 4.03. The number of para-hydroxylation sites is 1. The number of anilines is 1. The molecule has 0 saturated carbocycles. The number of hydrogen-bond acceptors (Lipinski definition) is 5. The zero-order valence-corrected chi connectivity index (χ0v) is 14.7. The Bertz CT molecular complexity index is 532. The predicted octanol–water partition coefficient (Wildman–Crippen LogP) is 4.29. The van der Waals surface area contributed by atoms with Crippen molar-refractivity contribution in [3.8, 4) is 0 Å². The summed E-state index contributed by atoms with van der Waals surface area (Å²) in [4.78, 5) is 5.47. The van der Waals surface area contributed by atoms with Crippen LogP contribution in [0.2, 0.25) is 0 Å². The summed E-state index contributed by atoms with van der Waals surface area (Å²) in [5.41, 5.74) is 1.35. The molecule has 1 aromatic rings. The molecule has 2 rings (SSSR count). The summed E-state index contributed by atoms with van der Waals surface area (Å²) < 4.78 is 17.6. The molecule has 1 heterocycles. The van der Waals surface area contributed by atoms with Gasteiger partial charge in [0.1, 0.15) is 5.69 Å². The molecule has 0 bridgehead atoms. The molecule has 0 spiro atoms. The van der Waals surface area contributed by atoms with Gasteiger partial charge in [0.15, 0.2) is 17.5 Å². The second-order valence-corrected chi connectivity index (χ2v) is 5.91. The standard InChI is InChI=1S/C18H28N3O3/c1-3-5-11-22-17-14-24-18(23-12-6-4-2)13-21(17)16-10-8-7-9-15(16)20-19/h7-10,17-18H,3-6,11-14H2,1-2H3/q+1. The van der Waals surface area contributed by atoms with Crippen LogP contribution in [0.3, 0.4) is 0 Å². The van der Waals surface area contributed by atoms with Gasteiger partial charge in [-0.3, -0.25) is 0 Å². The highest BCUT2D eigenvalue weighted by Gasteiger charge is 2.33. The molecule has 1 saturated heterocycles. The van der Waals surface area contributed by atoms with Crippen molar-refractivity contribution in [2.75, 3.05) is 31.3 Å². The van der Waals surface area contributed by atoms with E-state index in [9.17, 15) is 5.39 Å². The number of hydrogen-bond donors (Lipinski definition) is 0. The van der Waals surface area contributed by atoms with Crippen molar-refractivity contribution in [2.24, 2.45) is 0 Å². The molecular formula is C18H28N3O3+. The van der Waals surface area contributed by atoms with Crippen molar-refractivity contribution in [1.82, 2.24) is 0 Å². The van der Waals surface area contributed by atoms with Gasteiger partial charge in [-0.25, -0.2) is 0 Å². The minimum Gasteiger partial charge on any atom is -0.356 e. The van der Waals surface area contributed by atoms with E-state index in [-0.39, 0.29) is 12.5 Å². The predicted molar refractivity (Wildman–Crippen MR) is 93.8 cm³/mol. The molecule has 0 amide bonds. The minimum absolute atomic E-state index is 0.203. The lowest BCUT2D eigenvalue weighted by molar-refractivity contribution is -0.182. The van der Waals surface area contributed by atoms with E-state index in [0.29, 0.717) is 32.1 Å². The molecule has 2 atom stereocenters. The van der Waals surface area contributed by atoms with Gasteiger partial charge in [-0.05, 0) is 18.9 Å². The Balaban J connectivity index is 2.10. The molecule has 1 fully saturated rings. The molecule has 6 nitrogen and oxygen atoms in total. The van der Waals surface area contributed by atoms with Gasteiger partial charge in [-0.2, -0.15) is 0 Å². The highest BCUT2D eigenvalue weighted by Crippen LogP contribution is 2.32. The van der Waals surface area contributed by atoms with Gasteiger partial charge in [-0.15, -0.1) is 0 Å². The van der Waals surface area contributed by atoms with Crippen LogP contribution in [0.25, 0.3) is 4.98 Å². The van der Waals surface area contributed by atoms with Gasteiger partial charge < -0.3 is 19.1 Å². The molecule has 24 heavy (non-hydrogen) atoms. The topological polar surface area (TPSA) is 59.1 Å². The van der Waals surface area contributed by atoms with Crippen molar-refractivity contribution in [1.29, 1.82) is 5.39 Å². The first-order valence-electron chi connectivity index (χ1n) is 8.85. The van der Waals surface area contributed by atoms with E-state index in [1.165, 1.54) is 0 Å². The Kier molecular flexibility index (Phi) is 7.96. The quantitative estimate of drug-likeness (QED) is 0.498. The molecule has 1 aliphatic heterocycles. The van der Waals surface area contributed by atoms with E-state index in [1.54, 1.807) is 6.07 Å². The Hall–Kier alpha value is -1.68. The van der Waals surface area contributed by atoms with Crippen molar-refractivity contribution >= 4 is 11.4 Å².